The second-order valence-electron chi connectivity index (χ2n) is 6.45. The van der Waals surface area contributed by atoms with Gasteiger partial charge in [0, 0.05) is 12.1 Å². The number of anilines is 1. The zero-order valence-electron chi connectivity index (χ0n) is 13.4. The van der Waals surface area contributed by atoms with E-state index >= 15 is 0 Å². The van der Waals surface area contributed by atoms with Crippen molar-refractivity contribution in [1.29, 1.82) is 0 Å². The summed E-state index contributed by atoms with van der Waals surface area (Å²) in [6, 6.07) is 9.44. The summed E-state index contributed by atoms with van der Waals surface area (Å²) in [6.45, 7) is 1.04. The van der Waals surface area contributed by atoms with Crippen molar-refractivity contribution in [2.24, 2.45) is 5.92 Å². The molecule has 0 amide bonds. The monoisotopic (exact) mass is 339 g/mol. The summed E-state index contributed by atoms with van der Waals surface area (Å²) in [6.07, 6.45) is 1.56. The molecule has 2 aliphatic rings. The summed E-state index contributed by atoms with van der Waals surface area (Å²) in [5.74, 6) is 3.34. The van der Waals surface area contributed by atoms with Gasteiger partial charge in [-0.2, -0.15) is 4.52 Å². The highest BCUT2D eigenvalue weighted by Gasteiger charge is 2.26. The van der Waals surface area contributed by atoms with E-state index in [-0.39, 0.29) is 12.9 Å². The lowest BCUT2D eigenvalue weighted by atomic mass is 9.82. The van der Waals surface area contributed by atoms with Crippen LogP contribution in [0.25, 0.3) is 17.0 Å². The predicted molar refractivity (Wildman–Crippen MR) is 89.6 cm³/mol. The van der Waals surface area contributed by atoms with Crippen molar-refractivity contribution >= 4 is 11.5 Å². The molecular weight excluding hydrogens is 322 g/mol. The largest absolute Gasteiger partial charge is 0.454 e. The summed E-state index contributed by atoms with van der Waals surface area (Å²) in [7, 11) is 0. The summed E-state index contributed by atoms with van der Waals surface area (Å²) in [5.41, 5.74) is 1.54. The molecule has 8 heteroatoms. The Kier molecular flexibility index (Phi) is 3.24. The Morgan fingerprint density at radius 3 is 2.88 bits per heavy atom. The molecule has 2 N–H and O–H groups in total. The molecule has 0 saturated heterocycles. The van der Waals surface area contributed by atoms with Gasteiger partial charge >= 0.3 is 0 Å². The second kappa shape index (κ2) is 5.59. The van der Waals surface area contributed by atoms with Gasteiger partial charge in [-0.1, -0.05) is 0 Å². The molecule has 0 spiro atoms. The lowest BCUT2D eigenvalue weighted by Crippen LogP contribution is -2.33. The van der Waals surface area contributed by atoms with E-state index in [1.165, 1.54) is 0 Å². The predicted octanol–water partition coefficient (Wildman–Crippen LogP) is 1.70. The highest BCUT2D eigenvalue weighted by molar-refractivity contribution is 5.64. The van der Waals surface area contributed by atoms with E-state index in [0.717, 1.165) is 36.5 Å². The van der Waals surface area contributed by atoms with E-state index < -0.39 is 0 Å². The Morgan fingerprint density at radius 1 is 1.12 bits per heavy atom. The first kappa shape index (κ1) is 14.5. The number of aromatic nitrogens is 4. The molecular formula is C17H17N5O3. The number of hydrogen-bond acceptors (Lipinski definition) is 7. The van der Waals surface area contributed by atoms with Gasteiger partial charge in [0.25, 0.3) is 0 Å². The number of aliphatic hydroxyl groups excluding tert-OH is 1. The van der Waals surface area contributed by atoms with Crippen molar-refractivity contribution in [3.05, 3.63) is 30.3 Å². The Labute approximate surface area is 143 Å². The van der Waals surface area contributed by atoms with E-state index in [4.69, 9.17) is 9.47 Å². The number of rotatable bonds is 4. The maximum Gasteiger partial charge on any atom is 0.231 e. The van der Waals surface area contributed by atoms with Crippen LogP contribution in [0.2, 0.25) is 0 Å². The van der Waals surface area contributed by atoms with Gasteiger partial charge in [0.05, 0.1) is 6.10 Å². The number of ether oxygens (including phenoxy) is 2. The van der Waals surface area contributed by atoms with Crippen molar-refractivity contribution in [1.82, 2.24) is 19.8 Å². The minimum atomic E-state index is -0.141. The van der Waals surface area contributed by atoms with Crippen LogP contribution in [0.4, 0.5) is 5.82 Å². The third-order valence-corrected chi connectivity index (χ3v) is 4.68. The lowest BCUT2D eigenvalue weighted by Gasteiger charge is -2.31. The summed E-state index contributed by atoms with van der Waals surface area (Å²) < 4.78 is 12.5. The van der Waals surface area contributed by atoms with Gasteiger partial charge in [0.2, 0.25) is 6.79 Å². The van der Waals surface area contributed by atoms with Crippen LogP contribution in [0, 0.1) is 5.92 Å². The number of hydrogen-bond donors (Lipinski definition) is 2. The van der Waals surface area contributed by atoms with Crippen LogP contribution in [0.5, 0.6) is 11.5 Å². The average molecular weight is 339 g/mol. The topological polar surface area (TPSA) is 93.8 Å². The van der Waals surface area contributed by atoms with Crippen molar-refractivity contribution < 1.29 is 14.6 Å². The molecule has 0 radical (unpaired) electrons. The van der Waals surface area contributed by atoms with Crippen molar-refractivity contribution in [3.63, 3.8) is 0 Å². The highest BCUT2D eigenvalue weighted by atomic mass is 16.7. The molecule has 1 fully saturated rings. The molecule has 1 aliphatic heterocycles. The molecule has 1 aliphatic carbocycles. The molecule has 0 atom stereocenters. The van der Waals surface area contributed by atoms with Crippen LogP contribution in [0.15, 0.2) is 30.3 Å². The minimum Gasteiger partial charge on any atom is -0.454 e. The van der Waals surface area contributed by atoms with Gasteiger partial charge in [-0.15, -0.1) is 15.3 Å². The fourth-order valence-electron chi connectivity index (χ4n) is 3.21. The molecule has 2 aromatic heterocycles. The van der Waals surface area contributed by atoms with Crippen LogP contribution in [0.3, 0.4) is 0 Å². The Bertz CT molecular complexity index is 935. The van der Waals surface area contributed by atoms with E-state index in [1.54, 1.807) is 4.52 Å². The molecule has 0 bridgehead atoms. The van der Waals surface area contributed by atoms with Gasteiger partial charge in [-0.3, -0.25) is 0 Å². The number of nitrogens with zero attached hydrogens (tertiary/aromatic N) is 4. The fourth-order valence-corrected chi connectivity index (χ4v) is 3.21. The first-order valence-electron chi connectivity index (χ1n) is 8.31. The van der Waals surface area contributed by atoms with E-state index in [2.05, 4.69) is 20.6 Å². The van der Waals surface area contributed by atoms with Gasteiger partial charge in [-0.25, -0.2) is 0 Å². The summed E-state index contributed by atoms with van der Waals surface area (Å²) >= 11 is 0. The molecule has 1 aromatic carbocycles. The van der Waals surface area contributed by atoms with E-state index in [9.17, 15) is 5.11 Å². The maximum absolute atomic E-state index is 9.38. The molecule has 5 rings (SSSR count). The van der Waals surface area contributed by atoms with Gasteiger partial charge in [0.1, 0.15) is 5.82 Å². The summed E-state index contributed by atoms with van der Waals surface area (Å²) in [4.78, 5) is 0. The highest BCUT2D eigenvalue weighted by Crippen LogP contribution is 2.35. The lowest BCUT2D eigenvalue weighted by molar-refractivity contribution is 0.0486. The fraction of sp³-hybridized carbons (Fsp3) is 0.353. The van der Waals surface area contributed by atoms with Gasteiger partial charge in [0.15, 0.2) is 23.0 Å². The Morgan fingerprint density at radius 2 is 2.00 bits per heavy atom. The van der Waals surface area contributed by atoms with Crippen LogP contribution >= 0.6 is 0 Å². The number of fused-ring (bicyclic) bond motifs is 2. The number of benzene rings is 1. The SMILES string of the molecule is OC1CC(CNc2ccc3nnc(-c4ccc5c(c4)OCO5)n3n2)C1. The third kappa shape index (κ3) is 2.54. The Balaban J connectivity index is 1.44. The zero-order valence-corrected chi connectivity index (χ0v) is 13.4. The smallest absolute Gasteiger partial charge is 0.231 e. The van der Waals surface area contributed by atoms with Crippen LogP contribution in [0.1, 0.15) is 12.8 Å². The summed E-state index contributed by atoms with van der Waals surface area (Å²) in [5, 5.41) is 25.7. The van der Waals surface area contributed by atoms with Gasteiger partial charge in [-0.05, 0) is 49.1 Å². The van der Waals surface area contributed by atoms with Crippen molar-refractivity contribution in [3.8, 4) is 22.9 Å². The van der Waals surface area contributed by atoms with Crippen LogP contribution in [-0.4, -0.2) is 44.4 Å². The zero-order chi connectivity index (χ0) is 16.8. The van der Waals surface area contributed by atoms with E-state index in [0.29, 0.717) is 23.1 Å². The normalized spacial score (nSPS) is 21.3. The van der Waals surface area contributed by atoms with Crippen LogP contribution in [-0.2, 0) is 0 Å². The minimum absolute atomic E-state index is 0.141. The van der Waals surface area contributed by atoms with Gasteiger partial charge < -0.3 is 19.9 Å². The molecule has 1 saturated carbocycles. The van der Waals surface area contributed by atoms with Crippen molar-refractivity contribution in [2.75, 3.05) is 18.7 Å². The third-order valence-electron chi connectivity index (χ3n) is 4.68. The first-order valence-corrected chi connectivity index (χ1v) is 8.31. The molecule has 3 heterocycles. The molecule has 128 valence electrons. The van der Waals surface area contributed by atoms with Crippen LogP contribution < -0.4 is 14.8 Å². The standard InChI is InChI=1S/C17H17N5O3/c23-12-5-10(6-12)8-18-15-3-4-16-19-20-17(22(16)21-15)11-1-2-13-14(7-11)25-9-24-13/h1-4,7,10,12,23H,5-6,8-9H2,(H,18,21). The molecule has 3 aromatic rings. The second-order valence-corrected chi connectivity index (χ2v) is 6.45. The first-order chi connectivity index (χ1) is 12.3. The number of aliphatic hydroxyl groups is 1. The molecule has 8 nitrogen and oxygen atoms in total. The number of nitrogens with one attached hydrogen (secondary N) is 1. The quantitative estimate of drug-likeness (QED) is 0.747. The Hall–Kier alpha value is -2.87. The average Bonchev–Trinajstić information content (AvgIpc) is 3.23. The molecule has 25 heavy (non-hydrogen) atoms. The van der Waals surface area contributed by atoms with E-state index in [1.807, 2.05) is 30.3 Å². The molecule has 0 unspecified atom stereocenters. The van der Waals surface area contributed by atoms with Crippen molar-refractivity contribution in [2.45, 2.75) is 18.9 Å². The maximum atomic E-state index is 9.38.